The van der Waals surface area contributed by atoms with E-state index in [2.05, 4.69) is 5.32 Å². The van der Waals surface area contributed by atoms with Gasteiger partial charge in [-0.25, -0.2) is 8.78 Å². The topological polar surface area (TPSA) is 55.1 Å². The summed E-state index contributed by atoms with van der Waals surface area (Å²) < 4.78 is 27.2. The molecule has 2 rings (SSSR count). The van der Waals surface area contributed by atoms with Crippen molar-refractivity contribution < 1.29 is 13.6 Å². The van der Waals surface area contributed by atoms with E-state index in [4.69, 9.17) is 5.73 Å². The van der Waals surface area contributed by atoms with Crippen molar-refractivity contribution in [1.82, 2.24) is 0 Å². The zero-order valence-electron chi connectivity index (χ0n) is 10.2. The zero-order valence-corrected chi connectivity index (χ0v) is 10.2. The van der Waals surface area contributed by atoms with Crippen LogP contribution in [0, 0.1) is 18.6 Å². The van der Waals surface area contributed by atoms with Crippen LogP contribution in [0.4, 0.5) is 20.2 Å². The van der Waals surface area contributed by atoms with Crippen molar-refractivity contribution in [2.24, 2.45) is 0 Å². The summed E-state index contributed by atoms with van der Waals surface area (Å²) in [6.07, 6.45) is 0. The van der Waals surface area contributed by atoms with Crippen LogP contribution in [-0.2, 0) is 0 Å². The van der Waals surface area contributed by atoms with E-state index >= 15 is 0 Å². The van der Waals surface area contributed by atoms with Crippen molar-refractivity contribution in [3.05, 3.63) is 59.2 Å². The van der Waals surface area contributed by atoms with Gasteiger partial charge in [0.25, 0.3) is 5.91 Å². The van der Waals surface area contributed by atoms with Crippen LogP contribution in [0.25, 0.3) is 0 Å². The van der Waals surface area contributed by atoms with E-state index in [1.807, 2.05) is 0 Å². The van der Waals surface area contributed by atoms with E-state index in [-0.39, 0.29) is 11.1 Å². The number of benzene rings is 2. The molecular formula is C14H12F2N2O. The molecule has 0 aliphatic carbocycles. The number of hydrogen-bond acceptors (Lipinski definition) is 2. The lowest BCUT2D eigenvalue weighted by atomic mass is 10.1. The Balaban J connectivity index is 2.29. The number of nitrogens with one attached hydrogen (secondary N) is 1. The van der Waals surface area contributed by atoms with Crippen molar-refractivity contribution in [2.75, 3.05) is 11.1 Å². The molecule has 3 nitrogen and oxygen atoms in total. The Kier molecular flexibility index (Phi) is 3.46. The monoisotopic (exact) mass is 262 g/mol. The van der Waals surface area contributed by atoms with Crippen LogP contribution in [-0.4, -0.2) is 5.91 Å². The van der Waals surface area contributed by atoms with Gasteiger partial charge in [0.15, 0.2) is 5.82 Å². The Morgan fingerprint density at radius 2 is 1.74 bits per heavy atom. The molecule has 0 aliphatic heterocycles. The smallest absolute Gasteiger partial charge is 0.255 e. The highest BCUT2D eigenvalue weighted by Crippen LogP contribution is 2.22. The van der Waals surface area contributed by atoms with Gasteiger partial charge in [0.2, 0.25) is 0 Å². The number of rotatable bonds is 2. The number of hydrogen-bond donors (Lipinski definition) is 2. The summed E-state index contributed by atoms with van der Waals surface area (Å²) in [5.74, 6) is -2.18. The zero-order chi connectivity index (χ0) is 14.0. The first-order chi connectivity index (χ1) is 8.99. The first-order valence-electron chi connectivity index (χ1n) is 5.60. The van der Waals surface area contributed by atoms with E-state index in [0.717, 1.165) is 6.07 Å². The van der Waals surface area contributed by atoms with Crippen LogP contribution in [0.2, 0.25) is 0 Å². The summed E-state index contributed by atoms with van der Waals surface area (Å²) in [7, 11) is 0. The summed E-state index contributed by atoms with van der Waals surface area (Å²) in [4.78, 5) is 11.9. The molecule has 0 bridgehead atoms. The highest BCUT2D eigenvalue weighted by molar-refractivity contribution is 6.04. The molecule has 2 aromatic rings. The third-order valence-corrected chi connectivity index (χ3v) is 2.70. The molecule has 3 N–H and O–H groups in total. The molecule has 1 amide bonds. The maximum atomic E-state index is 13.7. The minimum Gasteiger partial charge on any atom is -0.399 e. The quantitative estimate of drug-likeness (QED) is 0.817. The molecule has 0 atom stereocenters. The molecule has 0 spiro atoms. The predicted octanol–water partition coefficient (Wildman–Crippen LogP) is 3.11. The lowest BCUT2D eigenvalue weighted by Crippen LogP contribution is -2.14. The lowest BCUT2D eigenvalue weighted by Gasteiger charge is -2.09. The summed E-state index contributed by atoms with van der Waals surface area (Å²) in [5, 5.41) is 2.23. The van der Waals surface area contributed by atoms with Crippen LogP contribution in [0.1, 0.15) is 15.9 Å². The van der Waals surface area contributed by atoms with E-state index in [1.54, 1.807) is 0 Å². The second kappa shape index (κ2) is 5.06. The Hall–Kier alpha value is -2.43. The van der Waals surface area contributed by atoms with Crippen LogP contribution in [0.15, 0.2) is 36.4 Å². The van der Waals surface area contributed by atoms with Crippen molar-refractivity contribution in [1.29, 1.82) is 0 Å². The molecule has 0 unspecified atom stereocenters. The number of carbonyl (C=O) groups excluding carboxylic acids is 1. The number of carbonyl (C=O) groups is 1. The number of anilines is 2. The maximum absolute atomic E-state index is 13.7. The second-order valence-corrected chi connectivity index (χ2v) is 4.13. The molecule has 0 saturated carbocycles. The predicted molar refractivity (Wildman–Crippen MR) is 69.9 cm³/mol. The van der Waals surface area contributed by atoms with Crippen LogP contribution in [0.5, 0.6) is 0 Å². The molecule has 5 heteroatoms. The first-order valence-corrected chi connectivity index (χ1v) is 5.60. The molecule has 0 aliphatic rings. The van der Waals surface area contributed by atoms with Gasteiger partial charge in [-0.15, -0.1) is 0 Å². The van der Waals surface area contributed by atoms with Crippen LogP contribution >= 0.6 is 0 Å². The van der Waals surface area contributed by atoms with E-state index in [1.165, 1.54) is 37.3 Å². The number of nitrogens with two attached hydrogens (primary N) is 1. The fourth-order valence-electron chi connectivity index (χ4n) is 1.59. The normalized spacial score (nSPS) is 10.3. The standard InChI is InChI=1S/C14H12F2N2O/c1-8-2-7-11(15)13(12(8)16)18-14(19)9-3-5-10(17)6-4-9/h2-7H,17H2,1H3,(H,18,19). The number of amides is 1. The molecule has 2 aromatic carbocycles. The Labute approximate surface area is 109 Å². The number of nitrogen functional groups attached to an aromatic ring is 1. The van der Waals surface area contributed by atoms with Gasteiger partial charge in [-0.1, -0.05) is 6.07 Å². The molecule has 0 aromatic heterocycles. The Bertz CT molecular complexity index is 624. The van der Waals surface area contributed by atoms with E-state index in [0.29, 0.717) is 5.69 Å². The molecule has 0 heterocycles. The first kappa shape index (κ1) is 13.0. The van der Waals surface area contributed by atoms with Crippen LogP contribution < -0.4 is 11.1 Å². The molecule has 0 radical (unpaired) electrons. The fourth-order valence-corrected chi connectivity index (χ4v) is 1.59. The second-order valence-electron chi connectivity index (χ2n) is 4.13. The maximum Gasteiger partial charge on any atom is 0.255 e. The molecule has 0 saturated heterocycles. The highest BCUT2D eigenvalue weighted by atomic mass is 19.1. The fraction of sp³-hybridized carbons (Fsp3) is 0.0714. The summed E-state index contributed by atoms with van der Waals surface area (Å²) in [6.45, 7) is 1.49. The number of halogens is 2. The summed E-state index contributed by atoms with van der Waals surface area (Å²) in [5.41, 5.74) is 6.09. The van der Waals surface area contributed by atoms with Crippen molar-refractivity contribution in [2.45, 2.75) is 6.92 Å². The lowest BCUT2D eigenvalue weighted by molar-refractivity contribution is 0.102. The van der Waals surface area contributed by atoms with Crippen molar-refractivity contribution >= 4 is 17.3 Å². The minimum absolute atomic E-state index is 0.258. The van der Waals surface area contributed by atoms with Crippen molar-refractivity contribution in [3.63, 3.8) is 0 Å². The third kappa shape index (κ3) is 2.70. The average molecular weight is 262 g/mol. The van der Waals surface area contributed by atoms with Gasteiger partial charge in [-0.05, 0) is 42.8 Å². The van der Waals surface area contributed by atoms with Gasteiger partial charge >= 0.3 is 0 Å². The van der Waals surface area contributed by atoms with Gasteiger partial charge in [-0.3, -0.25) is 4.79 Å². The van der Waals surface area contributed by atoms with Gasteiger partial charge < -0.3 is 11.1 Å². The molecule has 0 fully saturated rings. The van der Waals surface area contributed by atoms with Crippen molar-refractivity contribution in [3.8, 4) is 0 Å². The summed E-state index contributed by atoms with van der Waals surface area (Å²) >= 11 is 0. The van der Waals surface area contributed by atoms with E-state index < -0.39 is 23.2 Å². The largest absolute Gasteiger partial charge is 0.399 e. The SMILES string of the molecule is Cc1ccc(F)c(NC(=O)c2ccc(N)cc2)c1F. The average Bonchev–Trinajstić information content (AvgIpc) is 2.40. The highest BCUT2D eigenvalue weighted by Gasteiger charge is 2.15. The minimum atomic E-state index is -0.813. The van der Waals surface area contributed by atoms with Gasteiger partial charge in [-0.2, -0.15) is 0 Å². The van der Waals surface area contributed by atoms with Gasteiger partial charge in [0.05, 0.1) is 0 Å². The summed E-state index contributed by atoms with van der Waals surface area (Å²) in [6, 6.07) is 8.46. The number of aryl methyl sites for hydroxylation is 1. The third-order valence-electron chi connectivity index (χ3n) is 2.70. The van der Waals surface area contributed by atoms with Gasteiger partial charge in [0, 0.05) is 11.3 Å². The molecule has 98 valence electrons. The van der Waals surface area contributed by atoms with E-state index in [9.17, 15) is 13.6 Å². The molecular weight excluding hydrogens is 250 g/mol. The van der Waals surface area contributed by atoms with Gasteiger partial charge in [0.1, 0.15) is 11.5 Å². The Morgan fingerprint density at radius 3 is 2.37 bits per heavy atom. The molecule has 19 heavy (non-hydrogen) atoms. The van der Waals surface area contributed by atoms with Crippen LogP contribution in [0.3, 0.4) is 0 Å². The Morgan fingerprint density at radius 1 is 1.11 bits per heavy atom.